The molecule has 0 spiro atoms. The topological polar surface area (TPSA) is 132 Å². The number of hydrogen-bond acceptors (Lipinski definition) is 7. The summed E-state index contributed by atoms with van der Waals surface area (Å²) in [5.41, 5.74) is 3.17. The summed E-state index contributed by atoms with van der Waals surface area (Å²) in [6.45, 7) is 13.3. The van der Waals surface area contributed by atoms with Crippen LogP contribution in [0.25, 0.3) is 16.5 Å². The predicted molar refractivity (Wildman–Crippen MR) is 171 cm³/mol. The molecule has 0 fully saturated rings. The van der Waals surface area contributed by atoms with Crippen molar-refractivity contribution in [3.8, 4) is 17.3 Å². The Labute approximate surface area is 254 Å². The minimum absolute atomic E-state index is 0.00695. The van der Waals surface area contributed by atoms with Crippen LogP contribution in [0.1, 0.15) is 39.0 Å². The van der Waals surface area contributed by atoms with Crippen molar-refractivity contribution >= 4 is 40.4 Å². The zero-order chi connectivity index (χ0) is 31.4. The summed E-state index contributed by atoms with van der Waals surface area (Å²) in [4.78, 5) is 33.5. The van der Waals surface area contributed by atoms with Gasteiger partial charge in [0, 0.05) is 34.5 Å². The van der Waals surface area contributed by atoms with Crippen molar-refractivity contribution in [1.82, 2.24) is 19.7 Å². The van der Waals surface area contributed by atoms with E-state index in [1.165, 1.54) is 6.20 Å². The fraction of sp³-hybridized carbons (Fsp3) is 0.182. The Hall–Kier alpha value is -5.71. The molecule has 0 unspecified atom stereocenters. The third-order valence-electron chi connectivity index (χ3n) is 6.46. The molecule has 44 heavy (non-hydrogen) atoms. The van der Waals surface area contributed by atoms with E-state index in [0.717, 1.165) is 27.7 Å². The van der Waals surface area contributed by atoms with Crippen LogP contribution in [0.2, 0.25) is 0 Å². The summed E-state index contributed by atoms with van der Waals surface area (Å²) < 4.78 is 12.7. The van der Waals surface area contributed by atoms with Gasteiger partial charge >= 0.3 is 12.1 Å². The first-order valence-corrected chi connectivity index (χ1v) is 13.9. The zero-order valence-corrected chi connectivity index (χ0v) is 25.1. The normalized spacial score (nSPS) is 11.1. The first kappa shape index (κ1) is 29.8. The van der Waals surface area contributed by atoms with E-state index in [1.807, 2.05) is 61.5 Å². The lowest BCUT2D eigenvalue weighted by Gasteiger charge is -2.14. The first-order chi connectivity index (χ1) is 21.0. The van der Waals surface area contributed by atoms with Gasteiger partial charge in [-0.05, 0) is 38.1 Å². The van der Waals surface area contributed by atoms with E-state index in [2.05, 4.69) is 53.3 Å². The highest BCUT2D eigenvalue weighted by molar-refractivity contribution is 6.07. The van der Waals surface area contributed by atoms with Crippen LogP contribution >= 0.6 is 0 Å². The van der Waals surface area contributed by atoms with E-state index in [-0.39, 0.29) is 23.0 Å². The van der Waals surface area contributed by atoms with E-state index in [9.17, 15) is 9.59 Å². The van der Waals surface area contributed by atoms with Gasteiger partial charge < -0.3 is 14.8 Å². The molecule has 3 aromatic carbocycles. The molecule has 0 aliphatic carbocycles. The number of allylic oxidation sites excluding steroid dienone is 1. The Bertz CT molecular complexity index is 1860. The molecule has 0 radical (unpaired) electrons. The highest BCUT2D eigenvalue weighted by Gasteiger charge is 2.22. The number of rotatable bonds is 7. The maximum atomic E-state index is 13.3. The van der Waals surface area contributed by atoms with Crippen LogP contribution in [0.15, 0.2) is 91.3 Å². The average molecular weight is 592 g/mol. The van der Waals surface area contributed by atoms with Gasteiger partial charge in [0.05, 0.1) is 22.8 Å². The van der Waals surface area contributed by atoms with Crippen LogP contribution in [0.3, 0.4) is 0 Å². The number of carbonyl (C=O) groups excluding carboxylic acids is 2. The van der Waals surface area contributed by atoms with Gasteiger partial charge in [-0.25, -0.2) is 19.3 Å². The van der Waals surface area contributed by atoms with Crippen LogP contribution in [0.4, 0.5) is 27.0 Å². The van der Waals surface area contributed by atoms with Gasteiger partial charge in [-0.3, -0.25) is 10.6 Å². The van der Waals surface area contributed by atoms with Crippen molar-refractivity contribution < 1.29 is 19.1 Å². The molecule has 5 rings (SSSR count). The van der Waals surface area contributed by atoms with Crippen LogP contribution in [0.5, 0.6) is 11.6 Å². The summed E-state index contributed by atoms with van der Waals surface area (Å²) >= 11 is 0. The molecule has 0 aliphatic heterocycles. The number of amides is 3. The molecule has 3 N–H and O–H groups in total. The van der Waals surface area contributed by atoms with Crippen LogP contribution < -0.4 is 20.7 Å². The lowest BCUT2D eigenvalue weighted by atomic mass is 9.92. The smallest absolute Gasteiger partial charge is 0.419 e. The van der Waals surface area contributed by atoms with E-state index < -0.39 is 12.1 Å². The number of nitrogens with one attached hydrogen (secondary N) is 3. The number of ether oxygens (including phenoxy) is 2. The van der Waals surface area contributed by atoms with Gasteiger partial charge in [-0.1, -0.05) is 69.3 Å². The van der Waals surface area contributed by atoms with E-state index >= 15 is 0 Å². The lowest BCUT2D eigenvalue weighted by Crippen LogP contribution is -2.21. The van der Waals surface area contributed by atoms with E-state index in [4.69, 9.17) is 14.6 Å². The van der Waals surface area contributed by atoms with Crippen LogP contribution in [-0.2, 0) is 10.2 Å². The fourth-order valence-corrected chi connectivity index (χ4v) is 4.31. The monoisotopic (exact) mass is 591 g/mol. The Balaban J connectivity index is 1.37. The number of aryl methyl sites for hydroxylation is 1. The molecule has 3 amide bonds. The number of benzene rings is 3. The third kappa shape index (κ3) is 7.01. The van der Waals surface area contributed by atoms with E-state index in [1.54, 1.807) is 29.8 Å². The zero-order valence-electron chi connectivity index (χ0n) is 25.1. The Morgan fingerprint density at radius 1 is 0.909 bits per heavy atom. The van der Waals surface area contributed by atoms with Crippen LogP contribution in [-0.4, -0.2) is 31.9 Å². The quantitative estimate of drug-likeness (QED) is 0.164. The Morgan fingerprint density at radius 3 is 2.34 bits per heavy atom. The number of aromatic nitrogens is 4. The summed E-state index contributed by atoms with van der Waals surface area (Å²) in [6.07, 6.45) is 0.693. The minimum Gasteiger partial charge on any atom is -0.438 e. The Morgan fingerprint density at radius 2 is 1.64 bits per heavy atom. The molecule has 0 saturated carbocycles. The number of urea groups is 1. The molecule has 11 heteroatoms. The van der Waals surface area contributed by atoms with Gasteiger partial charge in [-0.2, -0.15) is 10.1 Å². The molecular weight excluding hydrogens is 558 g/mol. The highest BCUT2D eigenvalue weighted by Crippen LogP contribution is 2.34. The Kier molecular flexibility index (Phi) is 8.30. The molecule has 0 saturated heterocycles. The lowest BCUT2D eigenvalue weighted by molar-refractivity contribution is 0.192. The summed E-state index contributed by atoms with van der Waals surface area (Å²) in [6, 6.07) is 21.9. The van der Waals surface area contributed by atoms with Gasteiger partial charge in [0.2, 0.25) is 11.8 Å². The molecular formula is C33H33N7O4. The van der Waals surface area contributed by atoms with Crippen molar-refractivity contribution in [3.05, 3.63) is 103 Å². The average Bonchev–Trinajstić information content (AvgIpc) is 3.39. The number of nitrogens with zero attached hydrogens (tertiary/aromatic N) is 4. The van der Waals surface area contributed by atoms with Crippen molar-refractivity contribution in [2.75, 3.05) is 16.0 Å². The van der Waals surface area contributed by atoms with Gasteiger partial charge in [0.25, 0.3) is 0 Å². The number of anilines is 3. The fourth-order valence-electron chi connectivity index (χ4n) is 4.31. The number of carbonyl (C=O) groups is 2. The second-order valence-corrected chi connectivity index (χ2v) is 11.2. The van der Waals surface area contributed by atoms with Gasteiger partial charge in [-0.15, -0.1) is 0 Å². The molecule has 5 aromatic rings. The number of fused-ring (bicyclic) bond motifs is 1. The molecule has 0 bridgehead atoms. The van der Waals surface area contributed by atoms with Crippen LogP contribution in [0, 0.1) is 6.92 Å². The van der Waals surface area contributed by atoms with Gasteiger partial charge in [0.15, 0.2) is 0 Å². The third-order valence-corrected chi connectivity index (χ3v) is 6.46. The minimum atomic E-state index is -0.759. The second kappa shape index (κ2) is 12.3. The molecule has 224 valence electrons. The largest absolute Gasteiger partial charge is 0.438 e. The summed E-state index contributed by atoms with van der Waals surface area (Å²) in [7, 11) is 0. The number of hydrogen-bond donors (Lipinski definition) is 3. The molecule has 2 aromatic heterocycles. The van der Waals surface area contributed by atoms with Crippen molar-refractivity contribution in [2.24, 2.45) is 0 Å². The summed E-state index contributed by atoms with van der Waals surface area (Å²) in [5, 5.41) is 14.6. The van der Waals surface area contributed by atoms with Crippen molar-refractivity contribution in [2.45, 2.75) is 40.0 Å². The van der Waals surface area contributed by atoms with E-state index in [0.29, 0.717) is 17.3 Å². The predicted octanol–water partition coefficient (Wildman–Crippen LogP) is 7.94. The SMILES string of the molecule is C=C(C)OC(=O)Nc1nccc(Oc2ccc(NC(=O)Nc3cc(C(C)(C)C)nn3-c3ccc(C)cc3)c3ccccc23)n1. The van der Waals surface area contributed by atoms with Gasteiger partial charge in [0.1, 0.15) is 11.6 Å². The maximum absolute atomic E-state index is 13.3. The molecule has 0 atom stereocenters. The maximum Gasteiger partial charge on any atom is 0.419 e. The standard InChI is InChI=1S/C33H33N7O4/c1-20(2)43-32(42)38-30-34-18-17-29(37-30)44-26-16-15-25(23-9-7-8-10-24(23)26)35-31(41)36-28-19-27(33(4,5)6)39-40(28)22-13-11-21(3)12-14-22/h7-19H,1H2,2-6H3,(H2,35,36,41)(H,34,37,38,42). The summed E-state index contributed by atoms with van der Waals surface area (Å²) in [5.74, 6) is 1.48. The van der Waals surface area contributed by atoms with Crippen molar-refractivity contribution in [1.29, 1.82) is 0 Å². The molecule has 0 aliphatic rings. The van der Waals surface area contributed by atoms with Crippen molar-refractivity contribution in [3.63, 3.8) is 0 Å². The second-order valence-electron chi connectivity index (χ2n) is 11.2. The first-order valence-electron chi connectivity index (χ1n) is 13.9. The molecule has 2 heterocycles. The molecule has 11 nitrogen and oxygen atoms in total. The highest BCUT2D eigenvalue weighted by atomic mass is 16.6.